The average Bonchev–Trinajstić information content (AvgIpc) is 4.08. The summed E-state index contributed by atoms with van der Waals surface area (Å²) in [5.74, 6) is -3.39. The number of isothiocyanates is 1. The summed E-state index contributed by atoms with van der Waals surface area (Å²) in [5, 5.41) is 12.8. The number of carbonyl (C=O) groups is 1. The van der Waals surface area contributed by atoms with Gasteiger partial charge in [-0.2, -0.15) is 37.1 Å². The second-order valence-corrected chi connectivity index (χ2v) is 18.9. The SMILES string of the molecule is Cn1nc(N=C=S)c2c(Cl)ccc(-c3ccc(C#CC(C)(C)S(=O)(=O)C4CC4)nc3C(Cc3cc(F)cc(F)c3)NC(=O)Cn3nc(C(F)(F)F)c4c3C(F)(F)[C@@H]3C[C@H]43)c21. The third-order valence-corrected chi connectivity index (χ3v) is 14.3. The minimum atomic E-state index is -5.08. The van der Waals surface area contributed by atoms with E-state index < -0.39 is 97.3 Å². The molecule has 0 saturated heterocycles. The van der Waals surface area contributed by atoms with Crippen molar-refractivity contribution in [1.82, 2.24) is 29.9 Å². The van der Waals surface area contributed by atoms with Gasteiger partial charge in [-0.1, -0.05) is 23.6 Å². The number of nitrogens with one attached hydrogen (secondary N) is 1. The van der Waals surface area contributed by atoms with Crippen LogP contribution in [0.2, 0.25) is 5.02 Å². The van der Waals surface area contributed by atoms with E-state index in [0.717, 1.165) is 12.1 Å². The molecule has 0 aliphatic heterocycles. The number of aromatic nitrogens is 5. The second-order valence-electron chi connectivity index (χ2n) is 15.5. The predicted octanol–water partition coefficient (Wildman–Crippen LogP) is 8.53. The van der Waals surface area contributed by atoms with E-state index in [-0.39, 0.29) is 39.8 Å². The Balaban J connectivity index is 1.29. The Kier molecular flexibility index (Phi) is 10.0. The van der Waals surface area contributed by atoms with Crippen LogP contribution in [-0.4, -0.2) is 54.0 Å². The van der Waals surface area contributed by atoms with Gasteiger partial charge in [0.2, 0.25) is 5.91 Å². The van der Waals surface area contributed by atoms with Crippen molar-refractivity contribution in [3.8, 4) is 23.0 Å². The van der Waals surface area contributed by atoms with Gasteiger partial charge in [0.1, 0.15) is 34.3 Å². The minimum Gasteiger partial charge on any atom is -0.346 e. The lowest BCUT2D eigenvalue weighted by Gasteiger charge is -2.23. The number of aliphatic imine (C=N–C) groups is 1. The van der Waals surface area contributed by atoms with Crippen molar-refractivity contribution in [2.24, 2.45) is 18.0 Å². The van der Waals surface area contributed by atoms with E-state index in [1.165, 1.54) is 30.7 Å². The standard InChI is InChI=1S/C40H31ClF7N7O3S2/c1-38(2,60(57,58)23-5-6-23)11-10-22-4-7-24(25-8-9-28(41)32-34(25)54(3)53-37(32)49-18-59)33(50-22)29(14-19-12-20(42)15-21(43)13-19)51-30(56)17-55-36-31(35(52-55)40(46,47)48)26-16-27(26)39(36,44)45/h4,7-9,12-13,15,23,26-27,29H,5-6,14,16-17H2,1-3H3,(H,51,56)/t26-,27+,29?/m0/s1. The Morgan fingerprint density at radius 1 is 1.08 bits per heavy atom. The van der Waals surface area contributed by atoms with Gasteiger partial charge in [0.25, 0.3) is 5.92 Å². The average molecular weight is 890 g/mol. The first-order chi connectivity index (χ1) is 28.1. The van der Waals surface area contributed by atoms with Crippen LogP contribution in [0.25, 0.3) is 22.0 Å². The molecule has 3 heterocycles. The van der Waals surface area contributed by atoms with Crippen molar-refractivity contribution in [2.45, 2.75) is 80.1 Å². The number of carbonyl (C=O) groups excluding carboxylic acids is 1. The quantitative estimate of drug-likeness (QED) is 0.0646. The zero-order valence-electron chi connectivity index (χ0n) is 31.6. The molecule has 1 amide bonds. The van der Waals surface area contributed by atoms with Gasteiger partial charge in [-0.05, 0) is 99.5 Å². The van der Waals surface area contributed by atoms with E-state index in [0.29, 0.717) is 40.1 Å². The van der Waals surface area contributed by atoms with Crippen LogP contribution in [0.5, 0.6) is 0 Å². The third-order valence-electron chi connectivity index (χ3n) is 11.0. The molecule has 5 aromatic rings. The van der Waals surface area contributed by atoms with Crippen LogP contribution >= 0.6 is 23.8 Å². The van der Waals surface area contributed by atoms with E-state index in [1.54, 1.807) is 19.2 Å². The van der Waals surface area contributed by atoms with Crippen molar-refractivity contribution in [3.63, 3.8) is 0 Å². The number of fused-ring (bicyclic) bond motifs is 4. The topological polar surface area (TPSA) is 124 Å². The Labute approximate surface area is 348 Å². The molecule has 312 valence electrons. The van der Waals surface area contributed by atoms with Crippen LogP contribution in [-0.2, 0) is 46.7 Å². The highest BCUT2D eigenvalue weighted by Crippen LogP contribution is 2.68. The number of pyridine rings is 1. The molecule has 2 fully saturated rings. The highest BCUT2D eigenvalue weighted by molar-refractivity contribution is 7.93. The molecule has 3 atom stereocenters. The zero-order chi connectivity index (χ0) is 43.3. The molecular weight excluding hydrogens is 859 g/mol. The first-order valence-electron chi connectivity index (χ1n) is 18.4. The van der Waals surface area contributed by atoms with Gasteiger partial charge in [-0.15, -0.1) is 0 Å². The van der Waals surface area contributed by atoms with Gasteiger partial charge in [0, 0.05) is 35.7 Å². The van der Waals surface area contributed by atoms with E-state index in [9.17, 15) is 35.2 Å². The van der Waals surface area contributed by atoms with Gasteiger partial charge < -0.3 is 5.32 Å². The highest BCUT2D eigenvalue weighted by atomic mass is 35.5. The Hall–Kier alpha value is -5.15. The number of benzene rings is 2. The molecule has 0 radical (unpaired) electrons. The van der Waals surface area contributed by atoms with Crippen molar-refractivity contribution < 1.29 is 43.9 Å². The molecule has 3 aromatic heterocycles. The summed E-state index contributed by atoms with van der Waals surface area (Å²) in [5.41, 5.74) is -2.09. The fourth-order valence-electron chi connectivity index (χ4n) is 7.96. The molecule has 20 heteroatoms. The fourth-order valence-corrected chi connectivity index (χ4v) is 10.1. The van der Waals surface area contributed by atoms with Crippen molar-refractivity contribution in [1.29, 1.82) is 0 Å². The van der Waals surface area contributed by atoms with E-state index in [4.69, 9.17) is 28.8 Å². The number of halogens is 8. The number of aryl methyl sites for hydroxylation is 1. The zero-order valence-corrected chi connectivity index (χ0v) is 34.0. The van der Waals surface area contributed by atoms with Gasteiger partial charge in [0.15, 0.2) is 21.3 Å². The number of hydrogen-bond donors (Lipinski definition) is 1. The summed E-state index contributed by atoms with van der Waals surface area (Å²) < 4.78 is 129. The molecule has 1 N–H and O–H groups in total. The summed E-state index contributed by atoms with van der Waals surface area (Å²) >= 11 is 11.4. The molecule has 0 bridgehead atoms. The van der Waals surface area contributed by atoms with Gasteiger partial charge >= 0.3 is 6.18 Å². The maximum Gasteiger partial charge on any atom is 0.435 e. The van der Waals surface area contributed by atoms with Crippen LogP contribution < -0.4 is 5.32 Å². The molecule has 10 nitrogen and oxygen atoms in total. The molecule has 2 aromatic carbocycles. The molecule has 1 unspecified atom stereocenters. The number of hydrogen-bond acceptors (Lipinski definition) is 8. The minimum absolute atomic E-state index is 0.00375. The predicted molar refractivity (Wildman–Crippen MR) is 209 cm³/mol. The van der Waals surface area contributed by atoms with Crippen LogP contribution in [0.4, 0.5) is 36.6 Å². The summed E-state index contributed by atoms with van der Waals surface area (Å²) in [4.78, 5) is 22.8. The van der Waals surface area contributed by atoms with Crippen molar-refractivity contribution >= 4 is 61.4 Å². The van der Waals surface area contributed by atoms with Crippen molar-refractivity contribution in [2.75, 3.05) is 0 Å². The fraction of sp³-hybridized carbons (Fsp3) is 0.375. The Morgan fingerprint density at radius 3 is 2.42 bits per heavy atom. The molecule has 0 spiro atoms. The highest BCUT2D eigenvalue weighted by Gasteiger charge is 2.68. The van der Waals surface area contributed by atoms with Crippen molar-refractivity contribution in [3.05, 3.63) is 93.0 Å². The molecule has 2 saturated carbocycles. The molecule has 8 rings (SSSR count). The van der Waals surface area contributed by atoms with Crippen LogP contribution in [0.15, 0.2) is 47.5 Å². The number of sulfone groups is 1. The number of alkyl halides is 5. The van der Waals surface area contributed by atoms with Crippen LogP contribution in [0.3, 0.4) is 0 Å². The molecular formula is C40H31ClF7N7O3S2. The maximum atomic E-state index is 15.5. The summed E-state index contributed by atoms with van der Waals surface area (Å²) in [6.07, 6.45) is -4.62. The van der Waals surface area contributed by atoms with E-state index in [1.807, 2.05) is 0 Å². The normalized spacial score (nSPS) is 18.6. The Bertz CT molecular complexity index is 2850. The van der Waals surface area contributed by atoms with Crippen LogP contribution in [0.1, 0.15) is 79.0 Å². The van der Waals surface area contributed by atoms with Gasteiger partial charge in [0.05, 0.1) is 38.1 Å². The lowest BCUT2D eigenvalue weighted by molar-refractivity contribution is -0.142. The maximum absolute atomic E-state index is 15.5. The Morgan fingerprint density at radius 2 is 1.77 bits per heavy atom. The third kappa shape index (κ3) is 7.26. The van der Waals surface area contributed by atoms with Crippen LogP contribution in [0, 0.1) is 29.4 Å². The van der Waals surface area contributed by atoms with E-state index in [2.05, 4.69) is 37.5 Å². The van der Waals surface area contributed by atoms with Gasteiger partial charge in [-0.25, -0.2) is 22.2 Å². The molecule has 3 aliphatic rings. The van der Waals surface area contributed by atoms with Gasteiger partial charge in [-0.3, -0.25) is 14.2 Å². The lowest BCUT2D eigenvalue weighted by atomic mass is 9.93. The molecule has 3 aliphatic carbocycles. The first-order valence-corrected chi connectivity index (χ1v) is 20.8. The number of amides is 1. The number of thiocarbonyl (C=S) groups is 1. The lowest BCUT2D eigenvalue weighted by Crippen LogP contribution is -2.35. The van der Waals surface area contributed by atoms with E-state index >= 15 is 8.78 Å². The number of rotatable bonds is 10. The second kappa shape index (κ2) is 14.5. The summed E-state index contributed by atoms with van der Waals surface area (Å²) in [6.45, 7) is 1.83. The smallest absolute Gasteiger partial charge is 0.346 e. The monoisotopic (exact) mass is 889 g/mol. The summed E-state index contributed by atoms with van der Waals surface area (Å²) in [7, 11) is -2.08. The number of nitrogens with zero attached hydrogens (tertiary/aromatic N) is 6. The molecule has 60 heavy (non-hydrogen) atoms. The first kappa shape index (κ1) is 41.6. The summed E-state index contributed by atoms with van der Waals surface area (Å²) in [6, 6.07) is 7.41. The largest absolute Gasteiger partial charge is 0.435 e.